The van der Waals surface area contributed by atoms with Crippen LogP contribution in [0.5, 0.6) is 11.5 Å². The number of halogens is 1. The average Bonchev–Trinajstić information content (AvgIpc) is 2.39. The number of methoxy groups -OCH3 is 2. The molecule has 1 rings (SSSR count). The Bertz CT molecular complexity index is 399. The van der Waals surface area contributed by atoms with Gasteiger partial charge in [-0.05, 0) is 35.1 Å². The van der Waals surface area contributed by atoms with E-state index in [4.69, 9.17) is 9.47 Å². The third kappa shape index (κ3) is 3.61. The van der Waals surface area contributed by atoms with Crippen LogP contribution in [0.1, 0.15) is 10.4 Å². The first-order valence-corrected chi connectivity index (χ1v) is 6.27. The number of nitrogens with one attached hydrogen (secondary N) is 2. The number of hydrogen-bond donors (Lipinski definition) is 2. The van der Waals surface area contributed by atoms with E-state index in [1.54, 1.807) is 26.4 Å². The molecule has 1 amide bonds. The Balaban J connectivity index is 2.91. The molecule has 0 radical (unpaired) electrons. The molecular weight excluding hydrogens is 300 g/mol. The van der Waals surface area contributed by atoms with Crippen LogP contribution in [-0.4, -0.2) is 40.3 Å². The highest BCUT2D eigenvalue weighted by molar-refractivity contribution is 9.10. The fraction of sp³-hybridized carbons (Fsp3) is 0.417. The molecule has 5 nitrogen and oxygen atoms in total. The molecule has 18 heavy (non-hydrogen) atoms. The summed E-state index contributed by atoms with van der Waals surface area (Å²) in [6.45, 7) is 1.28. The maximum Gasteiger partial charge on any atom is 0.251 e. The Hall–Kier alpha value is -1.27. The molecule has 0 spiro atoms. The van der Waals surface area contributed by atoms with Gasteiger partial charge in [0.05, 0.1) is 14.2 Å². The quantitative estimate of drug-likeness (QED) is 0.779. The maximum atomic E-state index is 11.9. The van der Waals surface area contributed by atoms with Crippen molar-refractivity contribution >= 4 is 21.8 Å². The Morgan fingerprint density at radius 3 is 2.22 bits per heavy atom. The Morgan fingerprint density at radius 1 is 1.22 bits per heavy atom. The van der Waals surface area contributed by atoms with Gasteiger partial charge in [-0.3, -0.25) is 4.79 Å². The monoisotopic (exact) mass is 316 g/mol. The molecule has 0 fully saturated rings. The van der Waals surface area contributed by atoms with Crippen molar-refractivity contribution in [3.8, 4) is 11.5 Å². The lowest BCUT2D eigenvalue weighted by Crippen LogP contribution is -2.30. The summed E-state index contributed by atoms with van der Waals surface area (Å²) in [6, 6.07) is 3.34. The maximum absolute atomic E-state index is 11.9. The second kappa shape index (κ2) is 7.23. The summed E-state index contributed by atoms with van der Waals surface area (Å²) in [4.78, 5) is 11.9. The van der Waals surface area contributed by atoms with E-state index in [0.717, 1.165) is 6.54 Å². The molecule has 0 heterocycles. The van der Waals surface area contributed by atoms with E-state index in [0.29, 0.717) is 28.1 Å². The standard InChI is InChI=1S/C12H17BrN2O3/c1-14-4-5-15-12(16)8-6-9(17-2)11(13)10(7-8)18-3/h6-7,14H,4-5H2,1-3H3,(H,15,16). The average molecular weight is 317 g/mol. The van der Waals surface area contributed by atoms with Crippen molar-refractivity contribution in [3.63, 3.8) is 0 Å². The number of carbonyl (C=O) groups is 1. The molecule has 0 saturated heterocycles. The normalized spacial score (nSPS) is 10.0. The highest BCUT2D eigenvalue weighted by Gasteiger charge is 2.14. The summed E-state index contributed by atoms with van der Waals surface area (Å²) in [5.41, 5.74) is 0.503. The molecule has 1 aromatic carbocycles. The van der Waals surface area contributed by atoms with E-state index in [2.05, 4.69) is 26.6 Å². The van der Waals surface area contributed by atoms with Gasteiger partial charge in [0.1, 0.15) is 16.0 Å². The van der Waals surface area contributed by atoms with Crippen molar-refractivity contribution in [1.82, 2.24) is 10.6 Å². The van der Waals surface area contributed by atoms with Crippen molar-refractivity contribution in [2.45, 2.75) is 0 Å². The Morgan fingerprint density at radius 2 is 1.78 bits per heavy atom. The van der Waals surface area contributed by atoms with Crippen molar-refractivity contribution < 1.29 is 14.3 Å². The van der Waals surface area contributed by atoms with Crippen LogP contribution in [0.25, 0.3) is 0 Å². The molecule has 0 aliphatic rings. The molecular formula is C12H17BrN2O3. The predicted octanol–water partition coefficient (Wildman–Crippen LogP) is 1.42. The zero-order chi connectivity index (χ0) is 13.5. The molecule has 0 bridgehead atoms. The van der Waals surface area contributed by atoms with Crippen LogP contribution in [-0.2, 0) is 0 Å². The highest BCUT2D eigenvalue weighted by Crippen LogP contribution is 2.35. The molecule has 0 saturated carbocycles. The molecule has 1 aromatic rings. The van der Waals surface area contributed by atoms with Gasteiger partial charge in [0.2, 0.25) is 0 Å². The van der Waals surface area contributed by atoms with Gasteiger partial charge in [0.15, 0.2) is 0 Å². The molecule has 0 aromatic heterocycles. The SMILES string of the molecule is CNCCNC(=O)c1cc(OC)c(Br)c(OC)c1. The van der Waals surface area contributed by atoms with E-state index >= 15 is 0 Å². The molecule has 2 N–H and O–H groups in total. The summed E-state index contributed by atoms with van der Waals surface area (Å²) in [6.07, 6.45) is 0. The van der Waals surface area contributed by atoms with Crippen LogP contribution in [0, 0.1) is 0 Å². The van der Waals surface area contributed by atoms with Gasteiger partial charge in [-0.1, -0.05) is 0 Å². The first kappa shape index (κ1) is 14.8. The summed E-state index contributed by atoms with van der Waals surface area (Å²) in [5.74, 6) is 0.968. The number of carbonyl (C=O) groups excluding carboxylic acids is 1. The minimum atomic E-state index is -0.158. The second-order valence-electron chi connectivity index (χ2n) is 3.55. The predicted molar refractivity (Wildman–Crippen MR) is 73.5 cm³/mol. The molecule has 0 aliphatic carbocycles. The molecule has 0 atom stereocenters. The van der Waals surface area contributed by atoms with Crippen LogP contribution in [0.4, 0.5) is 0 Å². The van der Waals surface area contributed by atoms with E-state index in [9.17, 15) is 4.79 Å². The smallest absolute Gasteiger partial charge is 0.251 e. The lowest BCUT2D eigenvalue weighted by Gasteiger charge is -2.11. The van der Waals surface area contributed by atoms with E-state index in [-0.39, 0.29) is 5.91 Å². The van der Waals surface area contributed by atoms with Crippen LogP contribution in [0.3, 0.4) is 0 Å². The molecule has 0 unspecified atom stereocenters. The molecule has 100 valence electrons. The first-order valence-electron chi connectivity index (χ1n) is 5.48. The van der Waals surface area contributed by atoms with Crippen LogP contribution < -0.4 is 20.1 Å². The number of benzene rings is 1. The minimum absolute atomic E-state index is 0.158. The first-order chi connectivity index (χ1) is 8.63. The van der Waals surface area contributed by atoms with Crippen LogP contribution >= 0.6 is 15.9 Å². The Labute approximate surface area is 115 Å². The minimum Gasteiger partial charge on any atom is -0.495 e. The summed E-state index contributed by atoms with van der Waals surface area (Å²) < 4.78 is 11.1. The van der Waals surface area contributed by atoms with E-state index in [1.807, 2.05) is 7.05 Å². The molecule has 0 aliphatic heterocycles. The van der Waals surface area contributed by atoms with Gasteiger partial charge in [-0.15, -0.1) is 0 Å². The summed E-state index contributed by atoms with van der Waals surface area (Å²) >= 11 is 3.36. The largest absolute Gasteiger partial charge is 0.495 e. The van der Waals surface area contributed by atoms with Gasteiger partial charge in [0.25, 0.3) is 5.91 Å². The number of amides is 1. The van der Waals surface area contributed by atoms with Crippen LogP contribution in [0.2, 0.25) is 0 Å². The fourth-order valence-electron chi connectivity index (χ4n) is 1.40. The highest BCUT2D eigenvalue weighted by atomic mass is 79.9. The zero-order valence-corrected chi connectivity index (χ0v) is 12.3. The van der Waals surface area contributed by atoms with Crippen molar-refractivity contribution in [3.05, 3.63) is 22.2 Å². The van der Waals surface area contributed by atoms with Gasteiger partial charge in [-0.25, -0.2) is 0 Å². The van der Waals surface area contributed by atoms with Gasteiger partial charge < -0.3 is 20.1 Å². The van der Waals surface area contributed by atoms with Crippen molar-refractivity contribution in [2.75, 3.05) is 34.4 Å². The summed E-state index contributed by atoms with van der Waals surface area (Å²) in [7, 11) is 4.92. The van der Waals surface area contributed by atoms with Gasteiger partial charge in [0, 0.05) is 18.7 Å². The topological polar surface area (TPSA) is 59.6 Å². The third-order valence-electron chi connectivity index (χ3n) is 2.37. The lowest BCUT2D eigenvalue weighted by atomic mass is 10.2. The number of hydrogen-bond acceptors (Lipinski definition) is 4. The van der Waals surface area contributed by atoms with E-state index < -0.39 is 0 Å². The Kier molecular flexibility index (Phi) is 5.94. The second-order valence-corrected chi connectivity index (χ2v) is 4.35. The fourth-order valence-corrected chi connectivity index (χ4v) is 1.96. The van der Waals surface area contributed by atoms with Gasteiger partial charge in [-0.2, -0.15) is 0 Å². The van der Waals surface area contributed by atoms with Crippen molar-refractivity contribution in [2.24, 2.45) is 0 Å². The lowest BCUT2D eigenvalue weighted by molar-refractivity contribution is 0.0953. The number of likely N-dealkylation sites (N-methyl/N-ethyl adjacent to an activating group) is 1. The number of rotatable bonds is 6. The molecule has 6 heteroatoms. The zero-order valence-electron chi connectivity index (χ0n) is 10.7. The number of ether oxygens (including phenoxy) is 2. The van der Waals surface area contributed by atoms with Crippen LogP contribution in [0.15, 0.2) is 16.6 Å². The van der Waals surface area contributed by atoms with E-state index in [1.165, 1.54) is 0 Å². The third-order valence-corrected chi connectivity index (χ3v) is 3.15. The summed E-state index contributed by atoms with van der Waals surface area (Å²) in [5, 5.41) is 5.75. The van der Waals surface area contributed by atoms with Crippen molar-refractivity contribution in [1.29, 1.82) is 0 Å². The van der Waals surface area contributed by atoms with Gasteiger partial charge >= 0.3 is 0 Å².